The molecule has 0 saturated carbocycles. The van der Waals surface area contributed by atoms with Crippen molar-refractivity contribution in [1.29, 1.82) is 0 Å². The average molecular weight is 258 g/mol. The first-order valence-corrected chi connectivity index (χ1v) is 6.71. The zero-order valence-corrected chi connectivity index (χ0v) is 12.1. The fourth-order valence-electron chi connectivity index (χ4n) is 2.95. The van der Waals surface area contributed by atoms with E-state index in [1.165, 1.54) is 11.1 Å². The largest absolute Gasteiger partial charge is 0.511 e. The molecule has 2 unspecified atom stereocenters. The third-order valence-corrected chi connectivity index (χ3v) is 4.66. The summed E-state index contributed by atoms with van der Waals surface area (Å²) in [6, 6.07) is 10.2. The van der Waals surface area contributed by atoms with Crippen LogP contribution in [0, 0.1) is 11.3 Å². The number of benzene rings is 1. The molecule has 0 saturated heterocycles. The number of aliphatic hydroxyl groups excluding tert-OH is 2. The summed E-state index contributed by atoms with van der Waals surface area (Å²) in [5, 5.41) is 20.1. The summed E-state index contributed by atoms with van der Waals surface area (Å²) in [4.78, 5) is 0. The minimum Gasteiger partial charge on any atom is -0.511 e. The number of rotatable bonds is 2. The van der Waals surface area contributed by atoms with E-state index < -0.39 is 5.41 Å². The van der Waals surface area contributed by atoms with Crippen molar-refractivity contribution < 1.29 is 10.2 Å². The quantitative estimate of drug-likeness (QED) is 0.843. The lowest BCUT2D eigenvalue weighted by atomic mass is 9.65. The van der Waals surface area contributed by atoms with Crippen LogP contribution in [-0.2, 0) is 0 Å². The molecule has 2 rings (SSSR count). The van der Waals surface area contributed by atoms with Crippen LogP contribution in [0.15, 0.2) is 47.2 Å². The zero-order chi connectivity index (χ0) is 14.2. The minimum atomic E-state index is -0.602. The van der Waals surface area contributed by atoms with Gasteiger partial charge in [-0.25, -0.2) is 0 Å². The van der Waals surface area contributed by atoms with Gasteiger partial charge in [-0.3, -0.25) is 0 Å². The molecule has 2 atom stereocenters. The molecular weight excluding hydrogens is 236 g/mol. The van der Waals surface area contributed by atoms with E-state index in [0.717, 1.165) is 11.1 Å². The summed E-state index contributed by atoms with van der Waals surface area (Å²) >= 11 is 0. The van der Waals surface area contributed by atoms with E-state index >= 15 is 0 Å². The number of allylic oxidation sites excluding steroid dienone is 3. The van der Waals surface area contributed by atoms with Crippen molar-refractivity contribution in [1.82, 2.24) is 0 Å². The van der Waals surface area contributed by atoms with Crippen LogP contribution in [0.1, 0.15) is 33.3 Å². The number of aliphatic hydroxyl groups is 2. The topological polar surface area (TPSA) is 40.5 Å². The van der Waals surface area contributed by atoms with Crippen LogP contribution < -0.4 is 0 Å². The van der Waals surface area contributed by atoms with Crippen LogP contribution in [0.3, 0.4) is 0 Å². The summed E-state index contributed by atoms with van der Waals surface area (Å²) in [6.45, 7) is 7.91. The Morgan fingerprint density at radius 3 is 2.21 bits per heavy atom. The van der Waals surface area contributed by atoms with Crippen LogP contribution in [-0.4, -0.2) is 16.8 Å². The highest BCUT2D eigenvalue weighted by atomic mass is 16.3. The highest BCUT2D eigenvalue weighted by Gasteiger charge is 2.42. The smallest absolute Gasteiger partial charge is 0.104 e. The van der Waals surface area contributed by atoms with Gasteiger partial charge in [0.25, 0.3) is 0 Å². The molecule has 2 heteroatoms. The maximum atomic E-state index is 10.4. The fourth-order valence-corrected chi connectivity index (χ4v) is 2.95. The second-order valence-electron chi connectivity index (χ2n) is 5.68. The van der Waals surface area contributed by atoms with Crippen molar-refractivity contribution in [3.05, 3.63) is 52.8 Å². The molecule has 0 radical (unpaired) electrons. The van der Waals surface area contributed by atoms with Crippen LogP contribution >= 0.6 is 0 Å². The second-order valence-corrected chi connectivity index (χ2v) is 5.68. The van der Waals surface area contributed by atoms with Gasteiger partial charge in [0, 0.05) is 0 Å². The molecule has 1 aliphatic carbocycles. The maximum Gasteiger partial charge on any atom is 0.104 e. The minimum absolute atomic E-state index is 0.0546. The molecule has 0 heterocycles. The Kier molecular flexibility index (Phi) is 3.55. The molecule has 1 aliphatic rings. The Morgan fingerprint density at radius 2 is 1.68 bits per heavy atom. The SMILES string of the molecule is CC1=C(c2ccccc2)C(C)C(C)(CO)C(O)=C1C. The monoisotopic (exact) mass is 258 g/mol. The first-order valence-electron chi connectivity index (χ1n) is 6.71. The normalized spacial score (nSPS) is 27.9. The lowest BCUT2D eigenvalue weighted by Crippen LogP contribution is -2.36. The van der Waals surface area contributed by atoms with Crippen LogP contribution in [0.4, 0.5) is 0 Å². The van der Waals surface area contributed by atoms with E-state index in [1.54, 1.807) is 0 Å². The Morgan fingerprint density at radius 1 is 1.11 bits per heavy atom. The van der Waals surface area contributed by atoms with Crippen molar-refractivity contribution in [2.75, 3.05) is 6.61 Å². The Labute approximate surface area is 115 Å². The predicted molar refractivity (Wildman–Crippen MR) is 78.7 cm³/mol. The summed E-state index contributed by atoms with van der Waals surface area (Å²) in [5.74, 6) is 0.392. The van der Waals surface area contributed by atoms with Gasteiger partial charge < -0.3 is 10.2 Å². The molecule has 0 fully saturated rings. The molecule has 102 valence electrons. The zero-order valence-electron chi connectivity index (χ0n) is 12.1. The number of hydrogen-bond acceptors (Lipinski definition) is 2. The van der Waals surface area contributed by atoms with E-state index in [4.69, 9.17) is 0 Å². The van der Waals surface area contributed by atoms with Crippen molar-refractivity contribution in [2.24, 2.45) is 11.3 Å². The van der Waals surface area contributed by atoms with Crippen LogP contribution in [0.5, 0.6) is 0 Å². The van der Waals surface area contributed by atoms with Gasteiger partial charge in [-0.2, -0.15) is 0 Å². The molecule has 2 nitrogen and oxygen atoms in total. The van der Waals surface area contributed by atoms with E-state index in [2.05, 4.69) is 19.1 Å². The second kappa shape index (κ2) is 4.86. The van der Waals surface area contributed by atoms with Crippen molar-refractivity contribution in [3.63, 3.8) is 0 Å². The van der Waals surface area contributed by atoms with Gasteiger partial charge in [0.05, 0.1) is 12.0 Å². The molecule has 19 heavy (non-hydrogen) atoms. The lowest BCUT2D eigenvalue weighted by Gasteiger charge is -2.40. The fraction of sp³-hybridized carbons (Fsp3) is 0.412. The standard InChI is InChI=1S/C17H22O2/c1-11-12(2)16(19)17(4,10-18)13(3)15(11)14-8-6-5-7-9-14/h5-9,13,18-19H,10H2,1-4H3. The molecule has 0 amide bonds. The molecular formula is C17H22O2. The van der Waals surface area contributed by atoms with Crippen LogP contribution in [0.2, 0.25) is 0 Å². The van der Waals surface area contributed by atoms with Gasteiger partial charge in [0.15, 0.2) is 0 Å². The molecule has 0 aromatic heterocycles. The first-order chi connectivity index (χ1) is 8.93. The van der Waals surface area contributed by atoms with E-state index in [1.807, 2.05) is 39.0 Å². The van der Waals surface area contributed by atoms with Crippen LogP contribution in [0.25, 0.3) is 5.57 Å². The Balaban J connectivity index is 2.66. The number of hydrogen-bond donors (Lipinski definition) is 2. The van der Waals surface area contributed by atoms with Gasteiger partial charge in [-0.15, -0.1) is 0 Å². The lowest BCUT2D eigenvalue weighted by molar-refractivity contribution is 0.0937. The Bertz CT molecular complexity index is 540. The van der Waals surface area contributed by atoms with Gasteiger partial charge in [0.1, 0.15) is 5.76 Å². The summed E-state index contributed by atoms with van der Waals surface area (Å²) in [7, 11) is 0. The summed E-state index contributed by atoms with van der Waals surface area (Å²) in [5.41, 5.74) is 3.77. The van der Waals surface area contributed by atoms with Gasteiger partial charge >= 0.3 is 0 Å². The molecule has 0 spiro atoms. The van der Waals surface area contributed by atoms with Crippen molar-refractivity contribution >= 4 is 5.57 Å². The van der Waals surface area contributed by atoms with Gasteiger partial charge in [-0.05, 0) is 49.0 Å². The molecule has 1 aromatic carbocycles. The Hall–Kier alpha value is -1.54. The highest BCUT2D eigenvalue weighted by molar-refractivity contribution is 5.76. The first kappa shape index (κ1) is 13.9. The third kappa shape index (κ3) is 2.00. The molecule has 0 aliphatic heterocycles. The van der Waals surface area contributed by atoms with Crippen molar-refractivity contribution in [3.8, 4) is 0 Å². The van der Waals surface area contributed by atoms with Crippen molar-refractivity contribution in [2.45, 2.75) is 27.7 Å². The molecule has 0 bridgehead atoms. The van der Waals surface area contributed by atoms with E-state index in [9.17, 15) is 10.2 Å². The van der Waals surface area contributed by atoms with Gasteiger partial charge in [0.2, 0.25) is 0 Å². The average Bonchev–Trinajstić information content (AvgIpc) is 2.44. The molecule has 2 N–H and O–H groups in total. The van der Waals surface area contributed by atoms with E-state index in [-0.39, 0.29) is 12.5 Å². The van der Waals surface area contributed by atoms with E-state index in [0.29, 0.717) is 5.76 Å². The summed E-state index contributed by atoms with van der Waals surface area (Å²) < 4.78 is 0. The maximum absolute atomic E-state index is 10.4. The predicted octanol–water partition coefficient (Wildman–Crippen LogP) is 3.94. The summed E-state index contributed by atoms with van der Waals surface area (Å²) in [6.07, 6.45) is 0. The van der Waals surface area contributed by atoms with Gasteiger partial charge in [-0.1, -0.05) is 37.3 Å². The molecule has 1 aromatic rings. The third-order valence-electron chi connectivity index (χ3n) is 4.66. The highest BCUT2D eigenvalue weighted by Crippen LogP contribution is 2.49.